The molecule has 0 unspecified atom stereocenters. The van der Waals surface area contributed by atoms with Crippen molar-refractivity contribution in [2.45, 2.75) is 32.1 Å². The van der Waals surface area contributed by atoms with Crippen LogP contribution in [-0.4, -0.2) is 4.86 Å². The van der Waals surface area contributed by atoms with Crippen molar-refractivity contribution in [1.82, 2.24) is 0 Å². The maximum atomic E-state index is 5.09. The van der Waals surface area contributed by atoms with Gasteiger partial charge in [0.15, 0.2) is 0 Å². The van der Waals surface area contributed by atoms with Crippen molar-refractivity contribution in [2.24, 2.45) is 0 Å². The van der Waals surface area contributed by atoms with Crippen LogP contribution in [0.5, 0.6) is 0 Å². The van der Waals surface area contributed by atoms with Crippen molar-refractivity contribution in [3.8, 4) is 0 Å². The van der Waals surface area contributed by atoms with E-state index in [1.165, 1.54) is 24.1 Å². The number of hydrogen-bond acceptors (Lipinski definition) is 1. The molecule has 50 valence electrons. The van der Waals surface area contributed by atoms with Crippen molar-refractivity contribution in [2.75, 3.05) is 0 Å². The van der Waals surface area contributed by atoms with Gasteiger partial charge in [0.2, 0.25) is 0 Å². The van der Waals surface area contributed by atoms with Crippen LogP contribution < -0.4 is 0 Å². The normalized spacial score (nSPS) is 22.9. The quantitative estimate of drug-likeness (QED) is 0.466. The van der Waals surface area contributed by atoms with Crippen LogP contribution >= 0.6 is 12.2 Å². The summed E-state index contributed by atoms with van der Waals surface area (Å²) in [5.74, 6) is 0. The molecular weight excluding hydrogens is 128 g/mol. The van der Waals surface area contributed by atoms with E-state index in [1.807, 2.05) is 0 Å². The topological polar surface area (TPSA) is 0 Å². The van der Waals surface area contributed by atoms with E-state index in [4.69, 9.17) is 12.2 Å². The molecule has 0 aromatic heterocycles. The first-order chi connectivity index (χ1) is 4.39. The molecule has 1 aliphatic rings. The molecule has 0 nitrogen and oxygen atoms in total. The Morgan fingerprint density at radius 3 is 2.22 bits per heavy atom. The third kappa shape index (κ3) is 2.95. The van der Waals surface area contributed by atoms with Crippen LogP contribution in [0.25, 0.3) is 0 Å². The lowest BCUT2D eigenvalue weighted by Crippen LogP contribution is -1.99. The average molecular weight is 140 g/mol. The minimum absolute atomic E-state index is 1.06. The van der Waals surface area contributed by atoms with E-state index < -0.39 is 0 Å². The predicted molar refractivity (Wildman–Crippen MR) is 44.3 cm³/mol. The summed E-state index contributed by atoms with van der Waals surface area (Å²) < 4.78 is 0. The molecule has 0 amide bonds. The highest BCUT2D eigenvalue weighted by atomic mass is 32.1. The van der Waals surface area contributed by atoms with Gasteiger partial charge in [0.25, 0.3) is 0 Å². The van der Waals surface area contributed by atoms with Crippen LogP contribution in [-0.2, 0) is 0 Å². The van der Waals surface area contributed by atoms with E-state index in [-0.39, 0.29) is 0 Å². The molecule has 2 radical (unpaired) electrons. The van der Waals surface area contributed by atoms with Crippen LogP contribution in [0.4, 0.5) is 0 Å². The maximum Gasteiger partial charge on any atom is -0.00658 e. The molecule has 1 heteroatoms. The molecule has 0 spiro atoms. The Kier molecular flexibility index (Phi) is 3.20. The summed E-state index contributed by atoms with van der Waals surface area (Å²) in [6, 6.07) is 0. The number of thiocarbonyl (C=S) groups is 1. The van der Waals surface area contributed by atoms with Gasteiger partial charge in [0.1, 0.15) is 0 Å². The lowest BCUT2D eigenvalue weighted by atomic mass is 10.0. The van der Waals surface area contributed by atoms with Crippen molar-refractivity contribution >= 4 is 17.1 Å². The first-order valence-corrected chi connectivity index (χ1v) is 3.95. The summed E-state index contributed by atoms with van der Waals surface area (Å²) in [6.45, 7) is 0. The van der Waals surface area contributed by atoms with E-state index in [9.17, 15) is 0 Å². The minimum atomic E-state index is 1.06. The van der Waals surface area contributed by atoms with E-state index in [0.29, 0.717) is 0 Å². The van der Waals surface area contributed by atoms with Gasteiger partial charge in [-0.1, -0.05) is 18.6 Å². The van der Waals surface area contributed by atoms with Crippen LogP contribution in [0, 0.1) is 12.8 Å². The first-order valence-electron chi connectivity index (χ1n) is 3.54. The van der Waals surface area contributed by atoms with Crippen LogP contribution in [0.2, 0.25) is 0 Å². The van der Waals surface area contributed by atoms with Crippen molar-refractivity contribution in [1.29, 1.82) is 0 Å². The largest absolute Gasteiger partial charge is 0.0897 e. The van der Waals surface area contributed by atoms with Gasteiger partial charge in [-0.05, 0) is 43.4 Å². The number of hydrogen-bond donors (Lipinski definition) is 0. The highest BCUT2D eigenvalue weighted by Gasteiger charge is 2.01. The fourth-order valence-electron chi connectivity index (χ4n) is 1.02. The Morgan fingerprint density at radius 2 is 1.67 bits per heavy atom. The van der Waals surface area contributed by atoms with Crippen molar-refractivity contribution in [3.05, 3.63) is 12.8 Å². The van der Waals surface area contributed by atoms with E-state index >= 15 is 0 Å². The Labute approximate surface area is 62.6 Å². The van der Waals surface area contributed by atoms with E-state index in [1.54, 1.807) is 0 Å². The SMILES string of the molecule is S=C1C[CH]CCC[CH]C1. The van der Waals surface area contributed by atoms with Crippen molar-refractivity contribution in [3.63, 3.8) is 0 Å². The lowest BCUT2D eigenvalue weighted by Gasteiger charge is -2.07. The molecule has 0 N–H and O–H groups in total. The highest BCUT2D eigenvalue weighted by molar-refractivity contribution is 7.80. The van der Waals surface area contributed by atoms with Gasteiger partial charge < -0.3 is 0 Å². The second-order valence-electron chi connectivity index (χ2n) is 2.46. The minimum Gasteiger partial charge on any atom is -0.0897 e. The molecule has 0 aliphatic heterocycles. The molecule has 0 saturated heterocycles. The van der Waals surface area contributed by atoms with Gasteiger partial charge in [-0.15, -0.1) is 0 Å². The van der Waals surface area contributed by atoms with Gasteiger partial charge in [-0.25, -0.2) is 0 Å². The Balaban J connectivity index is 2.20. The molecule has 1 saturated carbocycles. The fourth-order valence-corrected chi connectivity index (χ4v) is 1.25. The number of rotatable bonds is 0. The Hall–Kier alpha value is 0.0900. The van der Waals surface area contributed by atoms with E-state index in [0.717, 1.165) is 12.8 Å². The monoisotopic (exact) mass is 140 g/mol. The standard InChI is InChI=1S/C8H12S/c9-8-6-4-2-1-3-5-7-8/h4-5H,1-3,6-7H2. The van der Waals surface area contributed by atoms with Gasteiger partial charge in [0.05, 0.1) is 0 Å². The van der Waals surface area contributed by atoms with Gasteiger partial charge in [0, 0.05) is 0 Å². The molecule has 1 aliphatic carbocycles. The summed E-state index contributed by atoms with van der Waals surface area (Å²) in [6.07, 6.45) is 10.5. The molecule has 0 bridgehead atoms. The van der Waals surface area contributed by atoms with Crippen LogP contribution in [0.15, 0.2) is 0 Å². The molecular formula is C8H12S. The summed E-state index contributed by atoms with van der Waals surface area (Å²) in [5.41, 5.74) is 0. The summed E-state index contributed by atoms with van der Waals surface area (Å²) in [5, 5.41) is 0. The zero-order valence-corrected chi connectivity index (χ0v) is 6.41. The highest BCUT2D eigenvalue weighted by Crippen LogP contribution is 2.12. The van der Waals surface area contributed by atoms with E-state index in [2.05, 4.69) is 12.8 Å². The lowest BCUT2D eigenvalue weighted by molar-refractivity contribution is 0.763. The third-order valence-corrected chi connectivity index (χ3v) is 1.89. The van der Waals surface area contributed by atoms with Crippen LogP contribution in [0.1, 0.15) is 32.1 Å². The first kappa shape index (κ1) is 7.20. The second-order valence-corrected chi connectivity index (χ2v) is 3.03. The van der Waals surface area contributed by atoms with Crippen LogP contribution in [0.3, 0.4) is 0 Å². The third-order valence-electron chi connectivity index (χ3n) is 1.56. The molecule has 0 aromatic carbocycles. The summed E-state index contributed by atoms with van der Waals surface area (Å²) >= 11 is 5.09. The van der Waals surface area contributed by atoms with Crippen molar-refractivity contribution < 1.29 is 0 Å². The smallest absolute Gasteiger partial charge is 0.00658 e. The molecule has 9 heavy (non-hydrogen) atoms. The summed E-state index contributed by atoms with van der Waals surface area (Å²) in [7, 11) is 0. The Bertz CT molecular complexity index is 86.7. The van der Waals surface area contributed by atoms with Gasteiger partial charge in [-0.3, -0.25) is 0 Å². The molecule has 0 aromatic rings. The Morgan fingerprint density at radius 1 is 1.11 bits per heavy atom. The maximum absolute atomic E-state index is 5.09. The average Bonchev–Trinajstić information content (AvgIpc) is 1.79. The second kappa shape index (κ2) is 3.99. The summed E-state index contributed by atoms with van der Waals surface area (Å²) in [4.78, 5) is 1.20. The van der Waals surface area contributed by atoms with Gasteiger partial charge >= 0.3 is 0 Å². The molecule has 0 atom stereocenters. The fraction of sp³-hybridized carbons (Fsp3) is 0.625. The molecule has 0 heterocycles. The zero-order valence-electron chi connectivity index (χ0n) is 5.60. The zero-order chi connectivity index (χ0) is 6.53. The predicted octanol–water partition coefficient (Wildman–Crippen LogP) is 2.73. The van der Waals surface area contributed by atoms with Gasteiger partial charge in [-0.2, -0.15) is 0 Å². The molecule has 1 fully saturated rings. The molecule has 1 rings (SSSR count).